The van der Waals surface area contributed by atoms with E-state index in [1.54, 1.807) is 6.92 Å². The smallest absolute Gasteiger partial charge is 0.125 e. The summed E-state index contributed by atoms with van der Waals surface area (Å²) in [5.74, 6) is 0.767. The molecule has 0 bridgehead atoms. The third kappa shape index (κ3) is 2.70. The topological polar surface area (TPSA) is 29.5 Å². The van der Waals surface area contributed by atoms with E-state index in [0.717, 1.165) is 11.3 Å². The molecule has 0 aliphatic heterocycles. The zero-order valence-electron chi connectivity index (χ0n) is 11.8. The summed E-state index contributed by atoms with van der Waals surface area (Å²) in [6.45, 7) is 2.31. The lowest BCUT2D eigenvalue weighted by atomic mass is 10.1. The van der Waals surface area contributed by atoms with Crippen LogP contribution in [-0.2, 0) is 19.4 Å². The first-order valence-electron chi connectivity index (χ1n) is 7.24. The van der Waals surface area contributed by atoms with Crippen LogP contribution in [0.5, 0.6) is 5.75 Å². The molecule has 0 saturated carbocycles. The Labute approximate surface area is 120 Å². The second kappa shape index (κ2) is 5.68. The monoisotopic (exact) mass is 268 g/mol. The van der Waals surface area contributed by atoms with Gasteiger partial charge in [-0.2, -0.15) is 0 Å². The van der Waals surface area contributed by atoms with Crippen LogP contribution in [-0.4, -0.2) is 5.11 Å². The minimum Gasteiger partial charge on any atom is -0.489 e. The average molecular weight is 268 g/mol. The molecule has 0 radical (unpaired) electrons. The molecule has 2 nitrogen and oxygen atoms in total. The number of para-hydroxylation sites is 1. The molecule has 0 fully saturated rings. The van der Waals surface area contributed by atoms with Crippen molar-refractivity contribution in [2.75, 3.05) is 0 Å². The lowest BCUT2D eigenvalue weighted by molar-refractivity contribution is 0.190. The van der Waals surface area contributed by atoms with Gasteiger partial charge in [-0.05, 0) is 48.9 Å². The third-order valence-corrected chi connectivity index (χ3v) is 3.93. The maximum Gasteiger partial charge on any atom is 0.125 e. The van der Waals surface area contributed by atoms with E-state index in [9.17, 15) is 5.11 Å². The van der Waals surface area contributed by atoms with Crippen molar-refractivity contribution in [3.05, 3.63) is 64.7 Å². The van der Waals surface area contributed by atoms with Gasteiger partial charge in [0.25, 0.3) is 0 Å². The SMILES string of the molecule is C[C@H](O)c1ccccc1OCc1ccc2c(c1)CCC2. The first-order chi connectivity index (χ1) is 9.74. The summed E-state index contributed by atoms with van der Waals surface area (Å²) in [6.07, 6.45) is 3.16. The van der Waals surface area contributed by atoms with Gasteiger partial charge in [0.15, 0.2) is 0 Å². The normalized spacial score (nSPS) is 14.9. The molecule has 0 aromatic heterocycles. The second-order valence-corrected chi connectivity index (χ2v) is 5.46. The minimum absolute atomic E-state index is 0.508. The highest BCUT2D eigenvalue weighted by Gasteiger charge is 2.12. The van der Waals surface area contributed by atoms with Crippen LogP contribution in [0.2, 0.25) is 0 Å². The average Bonchev–Trinajstić information content (AvgIpc) is 2.92. The molecule has 0 amide bonds. The minimum atomic E-state index is -0.508. The molecule has 104 valence electrons. The number of aryl methyl sites for hydroxylation is 2. The van der Waals surface area contributed by atoms with Gasteiger partial charge >= 0.3 is 0 Å². The van der Waals surface area contributed by atoms with Gasteiger partial charge in [-0.1, -0.05) is 36.4 Å². The summed E-state index contributed by atoms with van der Waals surface area (Å²) in [7, 11) is 0. The van der Waals surface area contributed by atoms with Gasteiger partial charge in [-0.25, -0.2) is 0 Å². The molecule has 2 aromatic carbocycles. The van der Waals surface area contributed by atoms with Gasteiger partial charge in [-0.15, -0.1) is 0 Å². The van der Waals surface area contributed by atoms with Crippen LogP contribution in [0.4, 0.5) is 0 Å². The van der Waals surface area contributed by atoms with Crippen LogP contribution in [0, 0.1) is 0 Å². The number of benzene rings is 2. The molecule has 0 heterocycles. The van der Waals surface area contributed by atoms with E-state index >= 15 is 0 Å². The summed E-state index contributed by atoms with van der Waals surface area (Å²) in [4.78, 5) is 0. The largest absolute Gasteiger partial charge is 0.489 e. The molecule has 20 heavy (non-hydrogen) atoms. The van der Waals surface area contributed by atoms with Crippen molar-refractivity contribution in [1.29, 1.82) is 0 Å². The number of aliphatic hydroxyl groups is 1. The van der Waals surface area contributed by atoms with Gasteiger partial charge in [0.2, 0.25) is 0 Å². The Morgan fingerprint density at radius 3 is 2.75 bits per heavy atom. The Hall–Kier alpha value is -1.80. The fraction of sp³-hybridized carbons (Fsp3) is 0.333. The molecule has 1 N–H and O–H groups in total. The van der Waals surface area contributed by atoms with Crippen LogP contribution >= 0.6 is 0 Å². The molecule has 2 aromatic rings. The lowest BCUT2D eigenvalue weighted by Crippen LogP contribution is -2.01. The van der Waals surface area contributed by atoms with Gasteiger partial charge in [0.05, 0.1) is 6.10 Å². The second-order valence-electron chi connectivity index (χ2n) is 5.46. The van der Waals surface area contributed by atoms with E-state index in [2.05, 4.69) is 18.2 Å². The fourth-order valence-corrected chi connectivity index (χ4v) is 2.83. The van der Waals surface area contributed by atoms with Crippen molar-refractivity contribution in [3.8, 4) is 5.75 Å². The number of ether oxygens (including phenoxy) is 1. The molecular weight excluding hydrogens is 248 g/mol. The van der Waals surface area contributed by atoms with Crippen molar-refractivity contribution in [1.82, 2.24) is 0 Å². The highest BCUT2D eigenvalue weighted by Crippen LogP contribution is 2.27. The van der Waals surface area contributed by atoms with Crippen LogP contribution in [0.25, 0.3) is 0 Å². The zero-order chi connectivity index (χ0) is 13.9. The third-order valence-electron chi connectivity index (χ3n) is 3.93. The molecule has 3 rings (SSSR count). The molecule has 2 heteroatoms. The van der Waals surface area contributed by atoms with Gasteiger partial charge in [-0.3, -0.25) is 0 Å². The molecule has 0 unspecified atom stereocenters. The van der Waals surface area contributed by atoms with Crippen LogP contribution in [0.3, 0.4) is 0 Å². The number of rotatable bonds is 4. The Kier molecular flexibility index (Phi) is 3.75. The molecule has 1 aliphatic rings. The Bertz CT molecular complexity index is 602. The molecule has 0 spiro atoms. The Morgan fingerprint density at radius 1 is 1.10 bits per heavy atom. The molecule has 1 atom stereocenters. The van der Waals surface area contributed by atoms with Crippen LogP contribution in [0.1, 0.15) is 41.7 Å². The van der Waals surface area contributed by atoms with Crippen molar-refractivity contribution < 1.29 is 9.84 Å². The predicted octanol–water partition coefficient (Wildman–Crippen LogP) is 3.81. The fourth-order valence-electron chi connectivity index (χ4n) is 2.83. The number of hydrogen-bond acceptors (Lipinski definition) is 2. The first kappa shape index (κ1) is 13.2. The summed E-state index contributed by atoms with van der Waals surface area (Å²) in [5.41, 5.74) is 4.99. The van der Waals surface area contributed by atoms with E-state index in [1.807, 2.05) is 24.3 Å². The highest BCUT2D eigenvalue weighted by atomic mass is 16.5. The van der Waals surface area contributed by atoms with E-state index in [0.29, 0.717) is 6.61 Å². The molecular formula is C18H20O2. The van der Waals surface area contributed by atoms with Crippen molar-refractivity contribution in [3.63, 3.8) is 0 Å². The van der Waals surface area contributed by atoms with Crippen LogP contribution in [0.15, 0.2) is 42.5 Å². The molecule has 1 aliphatic carbocycles. The standard InChI is InChI=1S/C18H20O2/c1-13(19)17-7-2-3-8-18(17)20-12-14-9-10-15-5-4-6-16(15)11-14/h2-3,7-11,13,19H,4-6,12H2,1H3/t13-/m0/s1. The van der Waals surface area contributed by atoms with E-state index in [1.165, 1.54) is 36.0 Å². The number of hydrogen-bond donors (Lipinski definition) is 1. The number of fused-ring (bicyclic) bond motifs is 1. The quantitative estimate of drug-likeness (QED) is 0.913. The van der Waals surface area contributed by atoms with Gasteiger partial charge in [0.1, 0.15) is 12.4 Å². The zero-order valence-corrected chi connectivity index (χ0v) is 11.8. The maximum absolute atomic E-state index is 9.75. The van der Waals surface area contributed by atoms with E-state index in [-0.39, 0.29) is 0 Å². The summed E-state index contributed by atoms with van der Waals surface area (Å²) >= 11 is 0. The predicted molar refractivity (Wildman–Crippen MR) is 79.9 cm³/mol. The molecule has 0 saturated heterocycles. The Morgan fingerprint density at radius 2 is 1.90 bits per heavy atom. The van der Waals surface area contributed by atoms with Crippen molar-refractivity contribution >= 4 is 0 Å². The van der Waals surface area contributed by atoms with Crippen molar-refractivity contribution in [2.45, 2.75) is 38.9 Å². The summed E-state index contributed by atoms with van der Waals surface area (Å²) in [6, 6.07) is 14.3. The van der Waals surface area contributed by atoms with Gasteiger partial charge < -0.3 is 9.84 Å². The Balaban J connectivity index is 1.74. The number of aliphatic hydroxyl groups excluding tert-OH is 1. The van der Waals surface area contributed by atoms with Crippen molar-refractivity contribution in [2.24, 2.45) is 0 Å². The first-order valence-corrected chi connectivity index (χ1v) is 7.24. The lowest BCUT2D eigenvalue weighted by Gasteiger charge is -2.13. The highest BCUT2D eigenvalue weighted by molar-refractivity contribution is 5.37. The summed E-state index contributed by atoms with van der Waals surface area (Å²) < 4.78 is 5.88. The van der Waals surface area contributed by atoms with Gasteiger partial charge in [0, 0.05) is 5.56 Å². The van der Waals surface area contributed by atoms with Crippen LogP contribution < -0.4 is 4.74 Å². The van der Waals surface area contributed by atoms with E-state index in [4.69, 9.17) is 4.74 Å². The van der Waals surface area contributed by atoms with E-state index < -0.39 is 6.10 Å². The maximum atomic E-state index is 9.75. The summed E-state index contributed by atoms with van der Waals surface area (Å²) in [5, 5.41) is 9.75.